The summed E-state index contributed by atoms with van der Waals surface area (Å²) in [6.07, 6.45) is -4.52. The van der Waals surface area contributed by atoms with Crippen molar-refractivity contribution in [2.45, 2.75) is 6.18 Å². The molecule has 0 bridgehead atoms. The first kappa shape index (κ1) is 16.1. The van der Waals surface area contributed by atoms with Crippen LogP contribution < -0.4 is 5.32 Å². The molecule has 0 aliphatic rings. The molecule has 110 valence electrons. The smallest absolute Gasteiger partial charge is 0.322 e. The van der Waals surface area contributed by atoms with E-state index in [4.69, 9.17) is 11.6 Å². The van der Waals surface area contributed by atoms with Crippen molar-refractivity contribution in [2.75, 3.05) is 5.32 Å². The minimum absolute atomic E-state index is 0.000483. The normalized spacial score (nSPS) is 11.3. The monoisotopic (exact) mass is 425 g/mol. The van der Waals surface area contributed by atoms with Gasteiger partial charge in [-0.15, -0.1) is 0 Å². The fraction of sp³-hybridized carbons (Fsp3) is 0.0714. The molecule has 1 N–H and O–H groups in total. The SMILES string of the molecule is O=C(Nc1cc(Cl)cc(C(F)(F)F)c1)c1ccccc1I. The number of hydrogen-bond donors (Lipinski definition) is 1. The van der Waals surface area contributed by atoms with E-state index in [1.165, 1.54) is 6.07 Å². The van der Waals surface area contributed by atoms with E-state index < -0.39 is 17.6 Å². The number of alkyl halides is 3. The van der Waals surface area contributed by atoms with Gasteiger partial charge in [-0.3, -0.25) is 4.79 Å². The van der Waals surface area contributed by atoms with E-state index in [-0.39, 0.29) is 10.7 Å². The van der Waals surface area contributed by atoms with Gasteiger partial charge in [0, 0.05) is 14.3 Å². The number of rotatable bonds is 2. The highest BCUT2D eigenvalue weighted by Gasteiger charge is 2.31. The number of carbonyl (C=O) groups is 1. The molecular formula is C14H8ClF3INO. The Balaban J connectivity index is 2.30. The second kappa shape index (κ2) is 6.23. The lowest BCUT2D eigenvalue weighted by Crippen LogP contribution is -2.14. The van der Waals surface area contributed by atoms with Crippen LogP contribution in [0.4, 0.5) is 18.9 Å². The molecule has 1 amide bonds. The number of hydrogen-bond acceptors (Lipinski definition) is 1. The molecule has 0 saturated heterocycles. The summed E-state index contributed by atoms with van der Waals surface area (Å²) in [5.41, 5.74) is -0.529. The Labute approximate surface area is 137 Å². The van der Waals surface area contributed by atoms with Crippen LogP contribution >= 0.6 is 34.2 Å². The Morgan fingerprint density at radius 1 is 1.14 bits per heavy atom. The number of carbonyl (C=O) groups excluding carboxylic acids is 1. The van der Waals surface area contributed by atoms with Crippen LogP contribution in [0.5, 0.6) is 0 Å². The first-order chi connectivity index (χ1) is 9.77. The van der Waals surface area contributed by atoms with Crippen LogP contribution in [-0.2, 0) is 6.18 Å². The molecule has 0 unspecified atom stereocenters. The Kier molecular flexibility index (Phi) is 4.77. The van der Waals surface area contributed by atoms with Crippen LogP contribution in [0, 0.1) is 3.57 Å². The summed E-state index contributed by atoms with van der Waals surface area (Å²) >= 11 is 7.64. The summed E-state index contributed by atoms with van der Waals surface area (Å²) in [4.78, 5) is 12.1. The van der Waals surface area contributed by atoms with Gasteiger partial charge in [0.15, 0.2) is 0 Å². The standard InChI is InChI=1S/C14H8ClF3INO/c15-9-5-8(14(16,17)18)6-10(7-9)20-13(21)11-3-1-2-4-12(11)19/h1-7H,(H,20,21). The molecule has 2 aromatic carbocycles. The van der Waals surface area contributed by atoms with Gasteiger partial charge in [-0.05, 0) is 52.9 Å². The van der Waals surface area contributed by atoms with Gasteiger partial charge in [0.2, 0.25) is 0 Å². The predicted molar refractivity (Wildman–Crippen MR) is 83.6 cm³/mol. The van der Waals surface area contributed by atoms with Crippen molar-refractivity contribution in [3.05, 3.63) is 62.2 Å². The Morgan fingerprint density at radius 2 is 1.81 bits per heavy atom. The van der Waals surface area contributed by atoms with Crippen LogP contribution in [-0.4, -0.2) is 5.91 Å². The van der Waals surface area contributed by atoms with Crippen molar-refractivity contribution in [3.63, 3.8) is 0 Å². The van der Waals surface area contributed by atoms with Crippen LogP contribution in [0.15, 0.2) is 42.5 Å². The number of anilines is 1. The molecule has 0 radical (unpaired) electrons. The molecule has 0 aromatic heterocycles. The Morgan fingerprint density at radius 3 is 2.43 bits per heavy atom. The molecule has 0 aliphatic carbocycles. The highest BCUT2D eigenvalue weighted by atomic mass is 127. The van der Waals surface area contributed by atoms with E-state index >= 15 is 0 Å². The minimum Gasteiger partial charge on any atom is -0.322 e. The molecule has 0 aliphatic heterocycles. The predicted octanol–water partition coefficient (Wildman–Crippen LogP) is 5.22. The second-order valence-corrected chi connectivity index (χ2v) is 5.76. The van der Waals surface area contributed by atoms with E-state index in [9.17, 15) is 18.0 Å². The molecule has 0 heterocycles. The minimum atomic E-state index is -4.52. The fourth-order valence-corrected chi connectivity index (χ4v) is 2.54. The molecule has 21 heavy (non-hydrogen) atoms. The quantitative estimate of drug-likeness (QED) is 0.657. The van der Waals surface area contributed by atoms with E-state index in [0.717, 1.165) is 12.1 Å². The highest BCUT2D eigenvalue weighted by Crippen LogP contribution is 2.33. The van der Waals surface area contributed by atoms with Gasteiger partial charge in [0.25, 0.3) is 5.91 Å². The number of halogens is 5. The molecule has 2 nitrogen and oxygen atoms in total. The molecule has 0 fully saturated rings. The van der Waals surface area contributed by atoms with Crippen molar-refractivity contribution >= 4 is 45.8 Å². The summed E-state index contributed by atoms with van der Waals surface area (Å²) in [6, 6.07) is 9.68. The largest absolute Gasteiger partial charge is 0.416 e. The highest BCUT2D eigenvalue weighted by molar-refractivity contribution is 14.1. The molecule has 7 heteroatoms. The molecule has 0 saturated carbocycles. The fourth-order valence-electron chi connectivity index (χ4n) is 1.67. The van der Waals surface area contributed by atoms with Crippen molar-refractivity contribution in [1.29, 1.82) is 0 Å². The van der Waals surface area contributed by atoms with Gasteiger partial charge in [0.05, 0.1) is 11.1 Å². The summed E-state index contributed by atoms with van der Waals surface area (Å²) < 4.78 is 38.8. The summed E-state index contributed by atoms with van der Waals surface area (Å²) in [5.74, 6) is -0.490. The zero-order valence-electron chi connectivity index (χ0n) is 10.3. The number of nitrogens with one attached hydrogen (secondary N) is 1. The van der Waals surface area contributed by atoms with E-state index in [1.54, 1.807) is 24.3 Å². The molecule has 0 spiro atoms. The second-order valence-electron chi connectivity index (χ2n) is 4.16. The van der Waals surface area contributed by atoms with Crippen LogP contribution in [0.3, 0.4) is 0 Å². The summed E-state index contributed by atoms with van der Waals surface area (Å²) in [6.45, 7) is 0. The first-order valence-electron chi connectivity index (χ1n) is 5.71. The molecule has 2 aromatic rings. The third-order valence-corrected chi connectivity index (χ3v) is 3.76. The number of amides is 1. The third kappa shape index (κ3) is 4.10. The summed E-state index contributed by atoms with van der Waals surface area (Å²) in [7, 11) is 0. The van der Waals surface area contributed by atoms with Crippen molar-refractivity contribution in [3.8, 4) is 0 Å². The lowest BCUT2D eigenvalue weighted by Gasteiger charge is -2.11. The lowest BCUT2D eigenvalue weighted by atomic mass is 10.1. The Bertz CT molecular complexity index is 688. The van der Waals surface area contributed by atoms with Gasteiger partial charge in [-0.2, -0.15) is 13.2 Å². The van der Waals surface area contributed by atoms with E-state index in [0.29, 0.717) is 9.13 Å². The maximum Gasteiger partial charge on any atom is 0.416 e. The van der Waals surface area contributed by atoms with Crippen molar-refractivity contribution < 1.29 is 18.0 Å². The Hall–Kier alpha value is -1.28. The number of benzene rings is 2. The van der Waals surface area contributed by atoms with E-state index in [2.05, 4.69) is 5.32 Å². The van der Waals surface area contributed by atoms with Crippen molar-refractivity contribution in [2.24, 2.45) is 0 Å². The zero-order valence-corrected chi connectivity index (χ0v) is 13.3. The maximum absolute atomic E-state index is 12.7. The average molecular weight is 426 g/mol. The van der Waals surface area contributed by atoms with Gasteiger partial charge in [-0.1, -0.05) is 23.7 Å². The molecule has 2 rings (SSSR count). The van der Waals surface area contributed by atoms with E-state index in [1.807, 2.05) is 22.6 Å². The maximum atomic E-state index is 12.7. The van der Waals surface area contributed by atoms with Gasteiger partial charge < -0.3 is 5.32 Å². The van der Waals surface area contributed by atoms with Crippen molar-refractivity contribution in [1.82, 2.24) is 0 Å². The third-order valence-electron chi connectivity index (χ3n) is 2.60. The zero-order chi connectivity index (χ0) is 15.6. The average Bonchev–Trinajstić information content (AvgIpc) is 2.37. The molecular weight excluding hydrogens is 418 g/mol. The van der Waals surface area contributed by atoms with Gasteiger partial charge >= 0.3 is 6.18 Å². The van der Waals surface area contributed by atoms with Crippen LogP contribution in [0.1, 0.15) is 15.9 Å². The van der Waals surface area contributed by atoms with Crippen LogP contribution in [0.25, 0.3) is 0 Å². The van der Waals surface area contributed by atoms with Crippen LogP contribution in [0.2, 0.25) is 5.02 Å². The topological polar surface area (TPSA) is 29.1 Å². The van der Waals surface area contributed by atoms with Gasteiger partial charge in [0.1, 0.15) is 0 Å². The van der Waals surface area contributed by atoms with Gasteiger partial charge in [-0.25, -0.2) is 0 Å². The molecule has 0 atom stereocenters. The lowest BCUT2D eigenvalue weighted by molar-refractivity contribution is -0.137. The summed E-state index contributed by atoms with van der Waals surface area (Å²) in [5, 5.41) is 2.33. The first-order valence-corrected chi connectivity index (χ1v) is 7.17.